The molecular weight excluding hydrogens is 434 g/mol. The minimum absolute atomic E-state index is 0.121. The number of alkyl halides is 1. The average Bonchev–Trinajstić information content (AvgIpc) is 2.30. The van der Waals surface area contributed by atoms with Crippen LogP contribution in [-0.4, -0.2) is 0 Å². The first-order valence-electron chi connectivity index (χ1n) is 6.07. The van der Waals surface area contributed by atoms with Crippen LogP contribution in [0.15, 0.2) is 34.8 Å². The van der Waals surface area contributed by atoms with Gasteiger partial charge >= 0.3 is 0 Å². The van der Waals surface area contributed by atoms with Crippen LogP contribution in [0.25, 0.3) is 0 Å². The number of benzene rings is 2. The molecule has 3 heteroatoms. The Bertz CT molecular complexity index is 599. The lowest BCUT2D eigenvalue weighted by Crippen LogP contribution is -2.01. The fraction of sp³-hybridized carbons (Fsp3) is 0.250. The van der Waals surface area contributed by atoms with Crippen molar-refractivity contribution in [1.82, 2.24) is 0 Å². The van der Waals surface area contributed by atoms with Crippen LogP contribution in [0.4, 0.5) is 0 Å². The van der Waals surface area contributed by atoms with Gasteiger partial charge in [0.05, 0.1) is 5.38 Å². The van der Waals surface area contributed by atoms with Gasteiger partial charge in [-0.3, -0.25) is 0 Å². The molecule has 0 aromatic heterocycles. The molecule has 0 aliphatic carbocycles. The smallest absolute Gasteiger partial charge is 0.0851 e. The van der Waals surface area contributed by atoms with Gasteiger partial charge < -0.3 is 0 Å². The van der Waals surface area contributed by atoms with E-state index in [2.05, 4.69) is 89.6 Å². The van der Waals surface area contributed by atoms with Crippen LogP contribution in [0.3, 0.4) is 0 Å². The molecule has 19 heavy (non-hydrogen) atoms. The highest BCUT2D eigenvalue weighted by atomic mass is 127. The summed E-state index contributed by atoms with van der Waals surface area (Å²) in [7, 11) is 0. The molecule has 0 nitrogen and oxygen atoms in total. The summed E-state index contributed by atoms with van der Waals surface area (Å²) in [5.41, 5.74) is 6.13. The molecule has 2 aromatic carbocycles. The van der Waals surface area contributed by atoms with Crippen molar-refractivity contribution in [3.8, 4) is 0 Å². The fourth-order valence-electron chi connectivity index (χ4n) is 2.46. The number of aryl methyl sites for hydroxylation is 3. The molecule has 0 saturated carbocycles. The monoisotopic (exact) mass is 448 g/mol. The number of halogens is 3. The van der Waals surface area contributed by atoms with Crippen LogP contribution in [0.1, 0.15) is 33.2 Å². The van der Waals surface area contributed by atoms with Crippen molar-refractivity contribution < 1.29 is 0 Å². The molecule has 2 aromatic rings. The highest BCUT2D eigenvalue weighted by Gasteiger charge is 2.18. The summed E-state index contributed by atoms with van der Waals surface area (Å²) in [6.07, 6.45) is 0. The normalized spacial score (nSPS) is 12.5. The van der Waals surface area contributed by atoms with Crippen molar-refractivity contribution in [2.45, 2.75) is 26.1 Å². The van der Waals surface area contributed by atoms with Crippen LogP contribution < -0.4 is 0 Å². The summed E-state index contributed by atoms with van der Waals surface area (Å²) in [5.74, 6) is 0. The van der Waals surface area contributed by atoms with E-state index in [1.807, 2.05) is 0 Å². The Hall–Kier alpha value is -0.0600. The zero-order valence-corrected chi connectivity index (χ0v) is 15.6. The second kappa shape index (κ2) is 6.15. The SMILES string of the molecule is Cc1cc(C)c(C(Cl)c2cc(I)ccc2Br)c(C)c1. The summed E-state index contributed by atoms with van der Waals surface area (Å²) >= 11 is 12.7. The Morgan fingerprint density at radius 2 is 1.63 bits per heavy atom. The molecule has 0 aliphatic heterocycles. The first-order valence-corrected chi connectivity index (χ1v) is 8.37. The van der Waals surface area contributed by atoms with E-state index in [0.29, 0.717) is 0 Å². The minimum atomic E-state index is -0.121. The van der Waals surface area contributed by atoms with Gasteiger partial charge in [0, 0.05) is 8.04 Å². The van der Waals surface area contributed by atoms with Crippen LogP contribution in [0.2, 0.25) is 0 Å². The molecule has 0 fully saturated rings. The zero-order valence-electron chi connectivity index (χ0n) is 11.1. The lowest BCUT2D eigenvalue weighted by atomic mass is 9.94. The predicted molar refractivity (Wildman–Crippen MR) is 95.2 cm³/mol. The molecule has 1 unspecified atom stereocenters. The molecular formula is C16H15BrClI. The number of hydrogen-bond donors (Lipinski definition) is 0. The molecule has 0 bridgehead atoms. The first kappa shape index (κ1) is 15.3. The van der Waals surface area contributed by atoms with E-state index in [4.69, 9.17) is 11.6 Å². The lowest BCUT2D eigenvalue weighted by molar-refractivity contribution is 1.06. The zero-order chi connectivity index (χ0) is 14.2. The molecule has 2 rings (SSSR count). The van der Waals surface area contributed by atoms with Crippen LogP contribution in [-0.2, 0) is 0 Å². The Kier molecular flexibility index (Phi) is 4.96. The standard InChI is InChI=1S/C16H15BrClI/c1-9-6-10(2)15(11(3)7-9)16(18)13-8-12(19)4-5-14(13)17/h4-8,16H,1-3H3. The van der Waals surface area contributed by atoms with Gasteiger partial charge in [-0.15, -0.1) is 11.6 Å². The van der Waals surface area contributed by atoms with Gasteiger partial charge in [0.25, 0.3) is 0 Å². The Morgan fingerprint density at radius 3 is 2.21 bits per heavy atom. The van der Waals surface area contributed by atoms with Crippen molar-refractivity contribution in [2.24, 2.45) is 0 Å². The molecule has 0 radical (unpaired) electrons. The van der Waals surface area contributed by atoms with E-state index < -0.39 is 0 Å². The van der Waals surface area contributed by atoms with Crippen molar-refractivity contribution in [3.05, 3.63) is 66.2 Å². The molecule has 0 N–H and O–H groups in total. The largest absolute Gasteiger partial charge is 0.113 e. The average molecular weight is 450 g/mol. The van der Waals surface area contributed by atoms with Gasteiger partial charge in [-0.2, -0.15) is 0 Å². The Balaban J connectivity index is 2.56. The lowest BCUT2D eigenvalue weighted by Gasteiger charge is -2.18. The number of rotatable bonds is 2. The van der Waals surface area contributed by atoms with Crippen LogP contribution >= 0.6 is 50.1 Å². The Labute approximate surface area is 141 Å². The summed E-state index contributed by atoms with van der Waals surface area (Å²) < 4.78 is 2.26. The van der Waals surface area contributed by atoms with Crippen LogP contribution in [0, 0.1) is 24.3 Å². The molecule has 0 aliphatic rings. The number of hydrogen-bond acceptors (Lipinski definition) is 0. The van der Waals surface area contributed by atoms with E-state index in [-0.39, 0.29) is 5.38 Å². The van der Waals surface area contributed by atoms with E-state index in [0.717, 1.165) is 10.0 Å². The molecule has 0 amide bonds. The van der Waals surface area contributed by atoms with Gasteiger partial charge in [0.2, 0.25) is 0 Å². The molecule has 1 atom stereocenters. The van der Waals surface area contributed by atoms with E-state index in [1.54, 1.807) is 0 Å². The van der Waals surface area contributed by atoms with Gasteiger partial charge in [-0.1, -0.05) is 33.6 Å². The van der Waals surface area contributed by atoms with Crippen molar-refractivity contribution in [3.63, 3.8) is 0 Å². The van der Waals surface area contributed by atoms with Crippen molar-refractivity contribution in [2.75, 3.05) is 0 Å². The molecule has 0 heterocycles. The second-order valence-corrected chi connectivity index (χ2v) is 7.38. The summed E-state index contributed by atoms with van der Waals surface area (Å²) in [5, 5.41) is -0.121. The van der Waals surface area contributed by atoms with Gasteiger partial charge in [-0.05, 0) is 83.8 Å². The summed E-state index contributed by atoms with van der Waals surface area (Å²) in [4.78, 5) is 0. The van der Waals surface area contributed by atoms with Gasteiger partial charge in [0.1, 0.15) is 0 Å². The molecule has 0 spiro atoms. The third kappa shape index (κ3) is 3.34. The highest BCUT2D eigenvalue weighted by Crippen LogP contribution is 2.38. The second-order valence-electron chi connectivity index (χ2n) is 4.84. The third-order valence-corrected chi connectivity index (χ3v) is 5.07. The quantitative estimate of drug-likeness (QED) is 0.372. The van der Waals surface area contributed by atoms with Crippen molar-refractivity contribution >= 4 is 50.1 Å². The maximum Gasteiger partial charge on any atom is 0.0851 e. The predicted octanol–water partition coefficient (Wildman–Crippen LogP) is 6.31. The molecule has 0 saturated heterocycles. The summed E-state index contributed by atoms with van der Waals surface area (Å²) in [6, 6.07) is 10.7. The first-order chi connectivity index (χ1) is 8.90. The summed E-state index contributed by atoms with van der Waals surface area (Å²) in [6.45, 7) is 6.38. The Morgan fingerprint density at radius 1 is 1.05 bits per heavy atom. The minimum Gasteiger partial charge on any atom is -0.113 e. The topological polar surface area (TPSA) is 0 Å². The third-order valence-electron chi connectivity index (χ3n) is 3.22. The molecule has 100 valence electrons. The van der Waals surface area contributed by atoms with E-state index in [1.165, 1.54) is 25.8 Å². The van der Waals surface area contributed by atoms with Crippen LogP contribution in [0.5, 0.6) is 0 Å². The maximum absolute atomic E-state index is 6.74. The van der Waals surface area contributed by atoms with E-state index >= 15 is 0 Å². The van der Waals surface area contributed by atoms with Gasteiger partial charge in [-0.25, -0.2) is 0 Å². The fourth-order valence-corrected chi connectivity index (χ4v) is 4.10. The van der Waals surface area contributed by atoms with E-state index in [9.17, 15) is 0 Å². The maximum atomic E-state index is 6.74. The highest BCUT2D eigenvalue weighted by molar-refractivity contribution is 14.1. The van der Waals surface area contributed by atoms with Gasteiger partial charge in [0.15, 0.2) is 0 Å². The van der Waals surface area contributed by atoms with Crippen molar-refractivity contribution in [1.29, 1.82) is 0 Å².